The van der Waals surface area contributed by atoms with E-state index in [1.807, 2.05) is 0 Å². The van der Waals surface area contributed by atoms with Crippen molar-refractivity contribution in [3.63, 3.8) is 0 Å². The molecule has 3 aliphatic rings. The molecule has 0 fully saturated rings. The van der Waals surface area contributed by atoms with Crippen molar-refractivity contribution in [2.45, 2.75) is 38.8 Å². The maximum absolute atomic E-state index is 2.59. The predicted octanol–water partition coefficient (Wildman–Crippen LogP) is 11.3. The van der Waals surface area contributed by atoms with Crippen LogP contribution in [-0.4, -0.2) is 9.13 Å². The highest BCUT2D eigenvalue weighted by Gasteiger charge is 2.57. The van der Waals surface area contributed by atoms with Crippen LogP contribution in [0.5, 0.6) is 0 Å². The van der Waals surface area contributed by atoms with Gasteiger partial charge in [0.1, 0.15) is 11.4 Å². The first kappa shape index (κ1) is 33.6. The lowest BCUT2D eigenvalue weighted by atomic mass is 9.67. The second-order valence-corrected chi connectivity index (χ2v) is 17.3. The monoisotopic (exact) mass is 770 g/mol. The molecule has 8 bridgehead atoms. The van der Waals surface area contributed by atoms with E-state index in [-0.39, 0.29) is 0 Å². The molecular formula is C56H42N4+2. The quantitative estimate of drug-likeness (QED) is 0.137. The summed E-state index contributed by atoms with van der Waals surface area (Å²) < 4.78 is 10.1. The van der Waals surface area contributed by atoms with Crippen LogP contribution in [0, 0.1) is 27.7 Å². The lowest BCUT2D eigenvalue weighted by molar-refractivity contribution is -0.950. The number of rotatable bonds is 0. The summed E-state index contributed by atoms with van der Waals surface area (Å²) in [6, 6.07) is 64.6. The number of aryl methyl sites for hydroxylation is 4. The normalized spacial score (nSPS) is 14.6. The van der Waals surface area contributed by atoms with Gasteiger partial charge in [0.2, 0.25) is 0 Å². The molecule has 0 saturated heterocycles. The van der Waals surface area contributed by atoms with Crippen LogP contribution < -0.4 is 9.13 Å². The number of nitrogens with zero attached hydrogens (tertiary/aromatic N) is 4. The van der Waals surface area contributed by atoms with Crippen LogP contribution in [0.25, 0.3) is 55.7 Å². The molecule has 13 rings (SSSR count). The molecule has 0 N–H and O–H groups in total. The fourth-order valence-electron chi connectivity index (χ4n) is 11.4. The molecule has 0 unspecified atom stereocenters. The van der Waals surface area contributed by atoms with Gasteiger partial charge in [-0.15, -0.1) is 0 Å². The number of imidazole rings is 2. The van der Waals surface area contributed by atoms with Crippen LogP contribution in [0.3, 0.4) is 0 Å². The molecule has 4 nitrogen and oxygen atoms in total. The first-order valence-electron chi connectivity index (χ1n) is 21.1. The van der Waals surface area contributed by atoms with Gasteiger partial charge in [0.15, 0.2) is 22.1 Å². The second kappa shape index (κ2) is 11.7. The zero-order valence-electron chi connectivity index (χ0n) is 34.1. The zero-order chi connectivity index (χ0) is 40.1. The first-order chi connectivity index (χ1) is 29.4. The summed E-state index contributed by atoms with van der Waals surface area (Å²) >= 11 is 0. The summed E-state index contributed by atoms with van der Waals surface area (Å²) in [6.07, 6.45) is 4.79. The van der Waals surface area contributed by atoms with E-state index in [4.69, 9.17) is 0 Å². The Hall–Kier alpha value is -7.30. The van der Waals surface area contributed by atoms with Gasteiger partial charge in [-0.1, -0.05) is 109 Å². The number of hydrogen-bond acceptors (Lipinski definition) is 0. The average Bonchev–Trinajstić information content (AvgIpc) is 4.00. The van der Waals surface area contributed by atoms with Gasteiger partial charge >= 0.3 is 5.66 Å². The van der Waals surface area contributed by atoms with Gasteiger partial charge in [-0.2, -0.15) is 18.3 Å². The maximum atomic E-state index is 2.59. The van der Waals surface area contributed by atoms with Gasteiger partial charge in [-0.25, -0.2) is 0 Å². The Bertz CT molecular complexity index is 3270. The molecule has 284 valence electrons. The summed E-state index contributed by atoms with van der Waals surface area (Å²) in [6.45, 7) is 8.98. The molecule has 0 atom stereocenters. The van der Waals surface area contributed by atoms with Crippen LogP contribution in [0.2, 0.25) is 0 Å². The van der Waals surface area contributed by atoms with E-state index >= 15 is 0 Å². The van der Waals surface area contributed by atoms with E-state index in [0.717, 1.165) is 11.4 Å². The first-order valence-corrected chi connectivity index (χ1v) is 21.1. The molecule has 2 aliphatic carbocycles. The van der Waals surface area contributed by atoms with Crippen LogP contribution in [0.1, 0.15) is 55.6 Å². The SMILES string of the molecule is Cc1cc2c(cc1C)[n+]1cn2-c2cccc(c2)C2(c3cccc(c3)-n3c[n+](c4cc(C)c(C)cc43)C13c1ccccc1-c1ccccc13)c1ccccc1-c1ccccc12. The summed E-state index contributed by atoms with van der Waals surface area (Å²) in [4.78, 5) is 0. The fraction of sp³-hybridized carbons (Fsp3) is 0.107. The Morgan fingerprint density at radius 3 is 1.17 bits per heavy atom. The Morgan fingerprint density at radius 1 is 0.367 bits per heavy atom. The molecule has 10 aromatic rings. The smallest absolute Gasteiger partial charge is 0.195 e. The van der Waals surface area contributed by atoms with E-state index in [1.165, 1.54) is 100.0 Å². The molecule has 0 saturated carbocycles. The largest absolute Gasteiger partial charge is 0.307 e. The third-order valence-electron chi connectivity index (χ3n) is 14.3. The number of aromatic nitrogens is 4. The minimum atomic E-state index is -0.784. The second-order valence-electron chi connectivity index (χ2n) is 17.3. The third-order valence-corrected chi connectivity index (χ3v) is 14.3. The summed E-state index contributed by atoms with van der Waals surface area (Å²) in [5, 5.41) is 0. The molecule has 0 radical (unpaired) electrons. The standard InChI is InChI=1S/C56H42N4/c1-35-27-51-53(29-37(35)3)59-33-57(51)41-17-13-15-39(31-41)55(47-23-9-5-19-43(47)44-20-6-10-24-48(44)55)40-16-14-18-42(32-40)58-34-60(54-30-38(4)36(2)28-52(54)58)56(59)49-25-11-7-21-45(49)46-22-8-12-26-50(46)56/h5-34H,1-4H3/q+2. The number of benzene rings is 8. The van der Waals surface area contributed by atoms with Crippen molar-refractivity contribution >= 4 is 22.1 Å². The minimum absolute atomic E-state index is 0.565. The van der Waals surface area contributed by atoms with Crippen molar-refractivity contribution in [1.29, 1.82) is 0 Å². The molecule has 60 heavy (non-hydrogen) atoms. The van der Waals surface area contributed by atoms with Crippen LogP contribution in [0.4, 0.5) is 0 Å². The number of fused-ring (bicyclic) bond motifs is 30. The van der Waals surface area contributed by atoms with Gasteiger partial charge in [0.05, 0.1) is 16.5 Å². The fourth-order valence-corrected chi connectivity index (χ4v) is 11.4. The van der Waals surface area contributed by atoms with E-state index in [9.17, 15) is 0 Å². The van der Waals surface area contributed by atoms with Crippen molar-refractivity contribution in [1.82, 2.24) is 9.13 Å². The predicted molar refractivity (Wildman–Crippen MR) is 240 cm³/mol. The van der Waals surface area contributed by atoms with Gasteiger partial charge in [-0.05, 0) is 155 Å². The molecule has 8 aromatic carbocycles. The summed E-state index contributed by atoms with van der Waals surface area (Å²) in [5.74, 6) is 0. The Morgan fingerprint density at radius 2 is 0.733 bits per heavy atom. The van der Waals surface area contributed by atoms with E-state index in [1.54, 1.807) is 0 Å². The third kappa shape index (κ3) is 4.01. The highest BCUT2D eigenvalue weighted by Crippen LogP contribution is 2.56. The lowest BCUT2D eigenvalue weighted by Gasteiger charge is -2.34. The zero-order valence-corrected chi connectivity index (χ0v) is 34.1. The topological polar surface area (TPSA) is 17.6 Å². The molecular weight excluding hydrogens is 729 g/mol. The maximum Gasteiger partial charge on any atom is 0.307 e. The van der Waals surface area contributed by atoms with Crippen molar-refractivity contribution in [2.75, 3.05) is 0 Å². The van der Waals surface area contributed by atoms with Gasteiger partial charge in [-0.3, -0.25) is 0 Å². The van der Waals surface area contributed by atoms with Crippen molar-refractivity contribution in [3.05, 3.63) is 238 Å². The lowest BCUT2D eigenvalue weighted by Crippen LogP contribution is -2.73. The average molecular weight is 771 g/mol. The Labute approximate surface area is 349 Å². The number of hydrogen-bond donors (Lipinski definition) is 0. The molecule has 3 heterocycles. The van der Waals surface area contributed by atoms with Crippen molar-refractivity contribution in [3.8, 4) is 33.6 Å². The van der Waals surface area contributed by atoms with Crippen molar-refractivity contribution < 1.29 is 9.13 Å². The van der Waals surface area contributed by atoms with Gasteiger partial charge in [0.25, 0.3) is 12.7 Å². The highest BCUT2D eigenvalue weighted by atomic mass is 15.3. The summed E-state index contributed by atoms with van der Waals surface area (Å²) in [5.41, 5.74) is 23.4. The summed E-state index contributed by atoms with van der Waals surface area (Å²) in [7, 11) is 0. The molecule has 2 aromatic heterocycles. The Balaban J connectivity index is 1.28. The van der Waals surface area contributed by atoms with E-state index in [2.05, 4.69) is 228 Å². The Kier molecular flexibility index (Phi) is 6.55. The molecule has 0 amide bonds. The van der Waals surface area contributed by atoms with Crippen molar-refractivity contribution in [2.24, 2.45) is 0 Å². The van der Waals surface area contributed by atoms with Gasteiger partial charge < -0.3 is 0 Å². The van der Waals surface area contributed by atoms with Gasteiger partial charge in [0, 0.05) is 0 Å². The van der Waals surface area contributed by atoms with E-state index < -0.39 is 11.1 Å². The molecule has 2 spiro atoms. The molecule has 4 heteroatoms. The van der Waals surface area contributed by atoms with Crippen LogP contribution in [0.15, 0.2) is 183 Å². The molecule has 1 aliphatic heterocycles. The van der Waals surface area contributed by atoms with E-state index in [0.29, 0.717) is 0 Å². The highest BCUT2D eigenvalue weighted by molar-refractivity contribution is 5.88. The van der Waals surface area contributed by atoms with Crippen LogP contribution in [-0.2, 0) is 11.1 Å². The minimum Gasteiger partial charge on any atom is -0.195 e. The van der Waals surface area contributed by atoms with Crippen LogP contribution >= 0.6 is 0 Å².